The van der Waals surface area contributed by atoms with E-state index in [1.54, 1.807) is 0 Å². The number of hydrogen-bond donors (Lipinski definition) is 0. The van der Waals surface area contributed by atoms with Crippen molar-refractivity contribution in [1.82, 2.24) is 0 Å². The predicted octanol–water partition coefficient (Wildman–Crippen LogP) is 1.02. The van der Waals surface area contributed by atoms with Gasteiger partial charge in [-0.25, -0.2) is 4.58 Å². The average molecular weight is 110 g/mol. The fourth-order valence-corrected chi connectivity index (χ4v) is 2.02. The summed E-state index contributed by atoms with van der Waals surface area (Å²) in [6, 6.07) is 1.72. The molecule has 2 aliphatic heterocycles. The van der Waals surface area contributed by atoms with E-state index in [9.17, 15) is 0 Å². The smallest absolute Gasteiger partial charge is 0.152 e. The molecule has 2 heterocycles. The molecule has 0 saturated carbocycles. The molecule has 2 aliphatic rings. The summed E-state index contributed by atoms with van der Waals surface area (Å²) < 4.78 is 2.31. The second-order valence-corrected chi connectivity index (χ2v) is 2.98. The molecule has 2 fully saturated rings. The van der Waals surface area contributed by atoms with E-state index in [1.165, 1.54) is 25.7 Å². The van der Waals surface area contributed by atoms with Gasteiger partial charge in [0.1, 0.15) is 6.72 Å². The predicted molar refractivity (Wildman–Crippen MR) is 33.4 cm³/mol. The van der Waals surface area contributed by atoms with Gasteiger partial charge in [-0.15, -0.1) is 0 Å². The molecule has 0 unspecified atom stereocenters. The Kier molecular flexibility index (Phi) is 0.758. The van der Waals surface area contributed by atoms with E-state index in [2.05, 4.69) is 11.3 Å². The van der Waals surface area contributed by atoms with Crippen molar-refractivity contribution in [1.29, 1.82) is 0 Å². The highest BCUT2D eigenvalue weighted by molar-refractivity contribution is 5.16. The highest BCUT2D eigenvalue weighted by Gasteiger charge is 2.41. The first-order valence-electron chi connectivity index (χ1n) is 3.47. The van der Waals surface area contributed by atoms with Crippen LogP contribution in [0.3, 0.4) is 0 Å². The molecule has 1 nitrogen and oxygen atoms in total. The van der Waals surface area contributed by atoms with Gasteiger partial charge >= 0.3 is 0 Å². The van der Waals surface area contributed by atoms with Crippen molar-refractivity contribution >= 4 is 6.72 Å². The Hall–Kier alpha value is -0.330. The lowest BCUT2D eigenvalue weighted by Crippen LogP contribution is -2.13. The Morgan fingerprint density at radius 1 is 1.00 bits per heavy atom. The van der Waals surface area contributed by atoms with Crippen molar-refractivity contribution in [3.05, 3.63) is 0 Å². The van der Waals surface area contributed by atoms with Gasteiger partial charge in [0, 0.05) is 25.7 Å². The Bertz CT molecular complexity index is 106. The molecular weight excluding hydrogens is 98.1 g/mol. The van der Waals surface area contributed by atoms with Crippen LogP contribution in [0.25, 0.3) is 0 Å². The molecule has 0 atom stereocenters. The molecule has 0 aliphatic carbocycles. The Labute approximate surface area is 50.0 Å². The Balaban J connectivity index is 2.28. The molecule has 0 aromatic carbocycles. The molecule has 0 aromatic heterocycles. The first kappa shape index (κ1) is 4.54. The van der Waals surface area contributed by atoms with E-state index in [1.807, 2.05) is 0 Å². The van der Waals surface area contributed by atoms with E-state index < -0.39 is 0 Å². The minimum Gasteiger partial charge on any atom is -0.237 e. The lowest BCUT2D eigenvalue weighted by atomic mass is 10.0. The van der Waals surface area contributed by atoms with Crippen LogP contribution in [-0.2, 0) is 0 Å². The van der Waals surface area contributed by atoms with Gasteiger partial charge in [0.05, 0.1) is 0 Å². The van der Waals surface area contributed by atoms with Crippen LogP contribution in [0.1, 0.15) is 25.7 Å². The van der Waals surface area contributed by atoms with Crippen LogP contribution in [0.5, 0.6) is 0 Å². The summed E-state index contributed by atoms with van der Waals surface area (Å²) in [4.78, 5) is 0. The van der Waals surface area contributed by atoms with Crippen molar-refractivity contribution in [3.8, 4) is 0 Å². The van der Waals surface area contributed by atoms with Crippen LogP contribution in [0.2, 0.25) is 0 Å². The van der Waals surface area contributed by atoms with Crippen molar-refractivity contribution in [2.75, 3.05) is 0 Å². The van der Waals surface area contributed by atoms with Crippen LogP contribution in [0, 0.1) is 0 Å². The van der Waals surface area contributed by atoms with Crippen LogP contribution >= 0.6 is 0 Å². The van der Waals surface area contributed by atoms with Crippen molar-refractivity contribution in [2.24, 2.45) is 0 Å². The van der Waals surface area contributed by atoms with Crippen LogP contribution in [0.4, 0.5) is 0 Å². The van der Waals surface area contributed by atoms with E-state index in [4.69, 9.17) is 0 Å². The standard InChI is InChI=1S/C7H12N/c1-8-6-2-3-7(8)5-4-6/h6-7H,1-5H2/q+1. The average Bonchev–Trinajstić information content (AvgIpc) is 2.29. The zero-order valence-corrected chi connectivity index (χ0v) is 5.14. The summed E-state index contributed by atoms with van der Waals surface area (Å²) in [5, 5.41) is 0. The maximum atomic E-state index is 4.00. The maximum absolute atomic E-state index is 4.00. The second kappa shape index (κ2) is 1.34. The van der Waals surface area contributed by atoms with Crippen LogP contribution in [0.15, 0.2) is 0 Å². The van der Waals surface area contributed by atoms with E-state index in [0.29, 0.717) is 0 Å². The molecule has 0 N–H and O–H groups in total. The van der Waals surface area contributed by atoms with Crippen LogP contribution in [-0.4, -0.2) is 23.4 Å². The van der Waals surface area contributed by atoms with Crippen LogP contribution < -0.4 is 0 Å². The van der Waals surface area contributed by atoms with Crippen molar-refractivity contribution < 1.29 is 4.58 Å². The van der Waals surface area contributed by atoms with Gasteiger partial charge in [0.25, 0.3) is 0 Å². The molecule has 2 rings (SSSR count). The largest absolute Gasteiger partial charge is 0.237 e. The number of nitrogens with zero attached hydrogens (tertiary/aromatic N) is 1. The molecular formula is C7H12N+. The molecule has 0 radical (unpaired) electrons. The van der Waals surface area contributed by atoms with Gasteiger partial charge in [-0.3, -0.25) is 0 Å². The van der Waals surface area contributed by atoms with Gasteiger partial charge in [0.15, 0.2) is 12.1 Å². The molecule has 2 bridgehead atoms. The maximum Gasteiger partial charge on any atom is 0.152 e. The highest BCUT2D eigenvalue weighted by atomic mass is 15.1. The summed E-state index contributed by atoms with van der Waals surface area (Å²) in [6.45, 7) is 4.00. The number of rotatable bonds is 0. The summed E-state index contributed by atoms with van der Waals surface area (Å²) in [5.74, 6) is 0. The SMILES string of the molecule is C=[N+]1C2CCC1CC2. The zero-order valence-electron chi connectivity index (χ0n) is 5.14. The minimum absolute atomic E-state index is 0.861. The first-order valence-corrected chi connectivity index (χ1v) is 3.47. The van der Waals surface area contributed by atoms with E-state index in [-0.39, 0.29) is 0 Å². The summed E-state index contributed by atoms with van der Waals surface area (Å²) >= 11 is 0. The van der Waals surface area contributed by atoms with Gasteiger partial charge < -0.3 is 0 Å². The Morgan fingerprint density at radius 3 is 1.50 bits per heavy atom. The third-order valence-electron chi connectivity index (χ3n) is 2.60. The fraction of sp³-hybridized carbons (Fsp3) is 0.857. The number of fused-ring (bicyclic) bond motifs is 2. The highest BCUT2D eigenvalue weighted by Crippen LogP contribution is 2.32. The summed E-state index contributed by atoms with van der Waals surface area (Å²) in [7, 11) is 0. The molecule has 2 saturated heterocycles. The lowest BCUT2D eigenvalue weighted by Gasteiger charge is -1.94. The Morgan fingerprint density at radius 2 is 1.38 bits per heavy atom. The quantitative estimate of drug-likeness (QED) is 0.410. The topological polar surface area (TPSA) is 3.01 Å². The van der Waals surface area contributed by atoms with Crippen molar-refractivity contribution in [3.63, 3.8) is 0 Å². The molecule has 1 heteroatoms. The van der Waals surface area contributed by atoms with Gasteiger partial charge in [0.2, 0.25) is 0 Å². The third kappa shape index (κ3) is 0.396. The molecule has 8 heavy (non-hydrogen) atoms. The fourth-order valence-electron chi connectivity index (χ4n) is 2.02. The zero-order chi connectivity index (χ0) is 5.56. The molecule has 44 valence electrons. The molecule has 0 aromatic rings. The lowest BCUT2D eigenvalue weighted by molar-refractivity contribution is -0.547. The molecule has 0 spiro atoms. The number of hydrogen-bond acceptors (Lipinski definition) is 0. The van der Waals surface area contributed by atoms with E-state index in [0.717, 1.165) is 12.1 Å². The first-order chi connectivity index (χ1) is 3.88. The van der Waals surface area contributed by atoms with Gasteiger partial charge in [-0.2, -0.15) is 0 Å². The third-order valence-corrected chi connectivity index (χ3v) is 2.60. The van der Waals surface area contributed by atoms with Gasteiger partial charge in [-0.05, 0) is 0 Å². The van der Waals surface area contributed by atoms with Gasteiger partial charge in [-0.1, -0.05) is 0 Å². The van der Waals surface area contributed by atoms with Crippen molar-refractivity contribution in [2.45, 2.75) is 37.8 Å². The summed E-state index contributed by atoms with van der Waals surface area (Å²) in [6.07, 6.45) is 5.64. The van der Waals surface area contributed by atoms with E-state index >= 15 is 0 Å². The summed E-state index contributed by atoms with van der Waals surface area (Å²) in [5.41, 5.74) is 0. The minimum atomic E-state index is 0.861. The normalized spacial score (nSPS) is 43.8. The second-order valence-electron chi connectivity index (χ2n) is 2.98. The molecule has 0 amide bonds. The monoisotopic (exact) mass is 110 g/mol.